The molecule has 0 unspecified atom stereocenters. The molecule has 48 heavy (non-hydrogen) atoms. The van der Waals surface area contributed by atoms with Gasteiger partial charge < -0.3 is 9.47 Å². The molecule has 2 aliphatic carbocycles. The molecule has 0 bridgehead atoms. The van der Waals surface area contributed by atoms with Crippen molar-refractivity contribution >= 4 is 11.9 Å². The molecule has 0 radical (unpaired) electrons. The lowest BCUT2D eigenvalue weighted by Crippen LogP contribution is -2.19. The molecule has 3 aromatic rings. The predicted octanol–water partition coefficient (Wildman–Crippen LogP) is 12.1. The molecule has 2 saturated carbocycles. The first-order valence-electron chi connectivity index (χ1n) is 19.2. The van der Waals surface area contributed by atoms with Crippen LogP contribution in [-0.2, 0) is 9.47 Å². The minimum Gasteiger partial charge on any atom is -0.458 e. The van der Waals surface area contributed by atoms with E-state index < -0.39 is 18.0 Å². The first kappa shape index (κ1) is 35.9. The molecule has 0 aliphatic heterocycles. The molecule has 2 aliphatic rings. The minimum atomic E-state index is -0.697. The van der Waals surface area contributed by atoms with Crippen molar-refractivity contribution in [1.82, 2.24) is 0 Å². The van der Waals surface area contributed by atoms with Crippen molar-refractivity contribution in [3.63, 3.8) is 0 Å². The van der Waals surface area contributed by atoms with Crippen molar-refractivity contribution in [2.75, 3.05) is 6.61 Å². The summed E-state index contributed by atoms with van der Waals surface area (Å²) in [5, 5.41) is 0. The van der Waals surface area contributed by atoms with E-state index in [1.54, 1.807) is 0 Å². The maximum absolute atomic E-state index is 13.3. The van der Waals surface area contributed by atoms with E-state index in [9.17, 15) is 9.59 Å². The number of rotatable bonds is 16. The maximum Gasteiger partial charge on any atom is 0.338 e. The van der Waals surface area contributed by atoms with Crippen molar-refractivity contribution in [2.45, 2.75) is 135 Å². The Morgan fingerprint density at radius 2 is 1.04 bits per heavy atom. The SMILES string of the molecule is CCCCC[C@H]1CC[C@H](c2ccc(C(=O)OC[C@@H](OC(=O)c3ccc([C@H]4CC[C@H](CCCCC)CC4)cc3)c3ccccc3)cc2)CC1. The van der Waals surface area contributed by atoms with E-state index in [-0.39, 0.29) is 6.61 Å². The van der Waals surface area contributed by atoms with Crippen LogP contribution in [0.15, 0.2) is 78.9 Å². The van der Waals surface area contributed by atoms with E-state index in [0.29, 0.717) is 23.0 Å². The highest BCUT2D eigenvalue weighted by Gasteiger charge is 2.25. The van der Waals surface area contributed by atoms with E-state index in [1.165, 1.54) is 114 Å². The largest absolute Gasteiger partial charge is 0.458 e. The summed E-state index contributed by atoms with van der Waals surface area (Å²) in [5.74, 6) is 2.09. The Morgan fingerprint density at radius 1 is 0.583 bits per heavy atom. The Kier molecular flexibility index (Phi) is 14.2. The fraction of sp³-hybridized carbons (Fsp3) is 0.545. The van der Waals surface area contributed by atoms with E-state index >= 15 is 0 Å². The van der Waals surface area contributed by atoms with Gasteiger partial charge in [0.1, 0.15) is 6.61 Å². The Hall–Kier alpha value is -3.40. The van der Waals surface area contributed by atoms with Gasteiger partial charge >= 0.3 is 11.9 Å². The second-order valence-corrected chi connectivity index (χ2v) is 14.6. The molecule has 5 rings (SSSR count). The number of ether oxygens (including phenoxy) is 2. The Labute approximate surface area is 290 Å². The molecular formula is C44H58O4. The summed E-state index contributed by atoms with van der Waals surface area (Å²) in [7, 11) is 0. The van der Waals surface area contributed by atoms with Crippen LogP contribution < -0.4 is 0 Å². The first-order chi connectivity index (χ1) is 23.5. The van der Waals surface area contributed by atoms with Crippen molar-refractivity contribution < 1.29 is 19.1 Å². The average Bonchev–Trinajstić information content (AvgIpc) is 3.14. The number of unbranched alkanes of at least 4 members (excludes halogenated alkanes) is 4. The lowest BCUT2D eigenvalue weighted by molar-refractivity contribution is -0.00134. The van der Waals surface area contributed by atoms with Gasteiger partial charge in [0.05, 0.1) is 11.1 Å². The van der Waals surface area contributed by atoms with Gasteiger partial charge in [0.15, 0.2) is 6.10 Å². The van der Waals surface area contributed by atoms with E-state index in [0.717, 1.165) is 17.4 Å². The van der Waals surface area contributed by atoms with Crippen LogP contribution in [0.4, 0.5) is 0 Å². The van der Waals surface area contributed by atoms with E-state index in [2.05, 4.69) is 38.1 Å². The molecule has 0 heterocycles. The average molecular weight is 651 g/mol. The number of carbonyl (C=O) groups is 2. The van der Waals surface area contributed by atoms with Crippen molar-refractivity contribution in [2.24, 2.45) is 11.8 Å². The number of benzene rings is 3. The molecule has 1 atom stereocenters. The predicted molar refractivity (Wildman–Crippen MR) is 195 cm³/mol. The summed E-state index contributed by atoms with van der Waals surface area (Å²) >= 11 is 0. The highest BCUT2D eigenvalue weighted by atomic mass is 16.6. The zero-order valence-electron chi connectivity index (χ0n) is 29.5. The molecule has 0 spiro atoms. The van der Waals surface area contributed by atoms with Crippen LogP contribution in [-0.4, -0.2) is 18.5 Å². The lowest BCUT2D eigenvalue weighted by atomic mass is 9.77. The lowest BCUT2D eigenvalue weighted by Gasteiger charge is -2.29. The fourth-order valence-corrected chi connectivity index (χ4v) is 8.02. The summed E-state index contributed by atoms with van der Waals surface area (Å²) in [5.41, 5.74) is 4.47. The molecule has 2 fully saturated rings. The van der Waals surface area contributed by atoms with Gasteiger partial charge in [-0.15, -0.1) is 0 Å². The van der Waals surface area contributed by atoms with Crippen molar-refractivity contribution in [3.05, 3.63) is 107 Å². The summed E-state index contributed by atoms with van der Waals surface area (Å²) in [6.45, 7) is 4.50. The van der Waals surface area contributed by atoms with Crippen LogP contribution in [0.3, 0.4) is 0 Å². The molecule has 258 valence electrons. The quantitative estimate of drug-likeness (QED) is 0.114. The van der Waals surface area contributed by atoms with Gasteiger partial charge in [0.2, 0.25) is 0 Å². The van der Waals surface area contributed by atoms with Crippen molar-refractivity contribution in [1.29, 1.82) is 0 Å². The molecular weight excluding hydrogens is 592 g/mol. The number of hydrogen-bond donors (Lipinski definition) is 0. The Morgan fingerprint density at radius 3 is 1.50 bits per heavy atom. The molecule has 3 aromatic carbocycles. The smallest absolute Gasteiger partial charge is 0.338 e. The van der Waals surface area contributed by atoms with Gasteiger partial charge in [-0.2, -0.15) is 0 Å². The topological polar surface area (TPSA) is 52.6 Å². The number of carbonyl (C=O) groups excluding carboxylic acids is 2. The highest BCUT2D eigenvalue weighted by molar-refractivity contribution is 5.90. The number of hydrogen-bond acceptors (Lipinski definition) is 4. The molecule has 4 nitrogen and oxygen atoms in total. The second-order valence-electron chi connectivity index (χ2n) is 14.6. The fourth-order valence-electron chi connectivity index (χ4n) is 8.02. The molecule has 0 amide bonds. The summed E-state index contributed by atoms with van der Waals surface area (Å²) in [6.07, 6.45) is 20.2. The van der Waals surface area contributed by atoms with Gasteiger partial charge in [-0.05, 0) is 116 Å². The standard InChI is InChI=1S/C44H58O4/c1-3-5-8-12-33-16-20-35(21-17-33)37-24-28-40(29-25-37)43(45)47-32-42(39-14-10-7-11-15-39)48-44(46)41-30-26-38(27-31-41)36-22-18-34(19-23-36)13-9-6-4-2/h7,10-11,14-15,24-31,33-36,42H,3-6,8-9,12-13,16-23,32H2,1-2H3/t33-,34-,35-,36-,42-/m1/s1. The highest BCUT2D eigenvalue weighted by Crippen LogP contribution is 2.39. The maximum atomic E-state index is 13.3. The number of esters is 2. The molecule has 0 N–H and O–H groups in total. The van der Waals surface area contributed by atoms with Gasteiger partial charge in [-0.25, -0.2) is 9.59 Å². The zero-order chi connectivity index (χ0) is 33.6. The minimum absolute atomic E-state index is 0.0437. The van der Waals surface area contributed by atoms with Crippen molar-refractivity contribution in [3.8, 4) is 0 Å². The summed E-state index contributed by atoms with van der Waals surface area (Å²) < 4.78 is 11.7. The molecule has 0 saturated heterocycles. The summed E-state index contributed by atoms with van der Waals surface area (Å²) in [6, 6.07) is 25.5. The third-order valence-corrected chi connectivity index (χ3v) is 11.1. The van der Waals surface area contributed by atoms with Crippen LogP contribution in [0.1, 0.15) is 172 Å². The van der Waals surface area contributed by atoms with Crippen LogP contribution >= 0.6 is 0 Å². The monoisotopic (exact) mass is 650 g/mol. The second kappa shape index (κ2) is 19.0. The third kappa shape index (κ3) is 10.5. The van der Waals surface area contributed by atoms with Gasteiger partial charge in [-0.1, -0.05) is 120 Å². The first-order valence-corrected chi connectivity index (χ1v) is 19.2. The Balaban J connectivity index is 1.12. The molecule has 0 aromatic heterocycles. The Bertz CT molecular complexity index is 1360. The van der Waals surface area contributed by atoms with Gasteiger partial charge in [0.25, 0.3) is 0 Å². The van der Waals surface area contributed by atoms with Gasteiger partial charge in [-0.3, -0.25) is 0 Å². The van der Waals surface area contributed by atoms with Crippen LogP contribution in [0, 0.1) is 11.8 Å². The van der Waals surface area contributed by atoms with Crippen LogP contribution in [0.2, 0.25) is 0 Å². The van der Waals surface area contributed by atoms with E-state index in [4.69, 9.17) is 9.47 Å². The third-order valence-electron chi connectivity index (χ3n) is 11.1. The van der Waals surface area contributed by atoms with Crippen LogP contribution in [0.25, 0.3) is 0 Å². The zero-order valence-corrected chi connectivity index (χ0v) is 29.5. The summed E-state index contributed by atoms with van der Waals surface area (Å²) in [4.78, 5) is 26.4. The van der Waals surface area contributed by atoms with E-state index in [1.807, 2.05) is 54.6 Å². The normalized spacial score (nSPS) is 21.7. The molecule has 4 heteroatoms. The van der Waals surface area contributed by atoms with Crippen LogP contribution in [0.5, 0.6) is 0 Å². The van der Waals surface area contributed by atoms with Gasteiger partial charge in [0, 0.05) is 0 Å².